The molecule has 0 radical (unpaired) electrons. The summed E-state index contributed by atoms with van der Waals surface area (Å²) in [6, 6.07) is 6.34. The van der Waals surface area contributed by atoms with E-state index in [4.69, 9.17) is 14.9 Å². The molecule has 5 rings (SSSR count). The van der Waals surface area contributed by atoms with Gasteiger partial charge in [-0.25, -0.2) is 14.2 Å². The van der Waals surface area contributed by atoms with E-state index >= 15 is 0 Å². The fourth-order valence-electron chi connectivity index (χ4n) is 6.60. The molecule has 0 spiro atoms. The number of aromatic nitrogens is 4. The standard InChI is InChI=1S/C39H49FN8O7/c1-24(2)37-27(19-35(51)43-14-16-47-22-31(45-46-47)26-8-4-9-29(41)18-26)11-12-34(50)42-13-5-7-25(3)17-30(49)20-28(40)21-36-44-32(23-54-36)38(52)48-15-6-10-33(48)39(53)55-37/h4-5,7-9,11-12,17-18,22-24,27-28,30,33,37,49H,6,10,13-16,19-21,41H2,1-3H3,(H,42,50)(H,43,51)/b7-5+,12-11+,25-17+/t27-,28+,30+,33+,37+/m0/s1. The number of nitrogens with two attached hydrogens (primary N) is 1. The predicted octanol–water partition coefficient (Wildman–Crippen LogP) is 3.33. The number of hydrogen-bond donors (Lipinski definition) is 4. The van der Waals surface area contributed by atoms with Gasteiger partial charge in [0.15, 0.2) is 11.6 Å². The number of benzene rings is 1. The van der Waals surface area contributed by atoms with Crippen molar-refractivity contribution in [2.75, 3.05) is 25.4 Å². The summed E-state index contributed by atoms with van der Waals surface area (Å²) in [5, 5.41) is 24.4. The van der Waals surface area contributed by atoms with Crippen LogP contribution in [0.25, 0.3) is 11.3 Å². The number of ether oxygens (including phenoxy) is 1. The van der Waals surface area contributed by atoms with Crippen molar-refractivity contribution >= 4 is 29.4 Å². The van der Waals surface area contributed by atoms with Crippen molar-refractivity contribution in [3.8, 4) is 11.3 Å². The number of cyclic esters (lactones) is 1. The van der Waals surface area contributed by atoms with E-state index in [1.54, 1.807) is 48.2 Å². The van der Waals surface area contributed by atoms with E-state index in [1.807, 2.05) is 26.0 Å². The minimum absolute atomic E-state index is 0.00675. The highest BCUT2D eigenvalue weighted by atomic mass is 19.1. The lowest BCUT2D eigenvalue weighted by atomic mass is 9.89. The van der Waals surface area contributed by atoms with Crippen LogP contribution in [0.1, 0.15) is 62.8 Å². The fourth-order valence-corrected chi connectivity index (χ4v) is 6.60. The van der Waals surface area contributed by atoms with E-state index in [9.17, 15) is 28.7 Å². The van der Waals surface area contributed by atoms with Gasteiger partial charge in [-0.1, -0.05) is 61.1 Å². The topological polar surface area (TPSA) is 208 Å². The zero-order valence-corrected chi connectivity index (χ0v) is 31.3. The lowest BCUT2D eigenvalue weighted by Crippen LogP contribution is -2.44. The third kappa shape index (κ3) is 11.7. The van der Waals surface area contributed by atoms with Gasteiger partial charge in [-0.05, 0) is 43.9 Å². The summed E-state index contributed by atoms with van der Waals surface area (Å²) in [6.45, 7) is 6.41. The first-order chi connectivity index (χ1) is 26.4. The molecule has 3 amide bonds. The summed E-state index contributed by atoms with van der Waals surface area (Å²) in [5.41, 5.74) is 8.53. The highest BCUT2D eigenvalue weighted by molar-refractivity contribution is 5.95. The Morgan fingerprint density at radius 3 is 2.80 bits per heavy atom. The Morgan fingerprint density at radius 2 is 2.02 bits per heavy atom. The second-order valence-electron chi connectivity index (χ2n) is 14.2. The van der Waals surface area contributed by atoms with Gasteiger partial charge in [0.1, 0.15) is 30.3 Å². The zero-order valence-electron chi connectivity index (χ0n) is 31.3. The molecular weight excluding hydrogens is 711 g/mol. The Bertz CT molecular complexity index is 1900. The van der Waals surface area contributed by atoms with Crippen molar-refractivity contribution in [3.05, 3.63) is 84.3 Å². The molecule has 0 aliphatic carbocycles. The number of oxazole rings is 1. The van der Waals surface area contributed by atoms with Gasteiger partial charge in [-0.2, -0.15) is 0 Å². The number of rotatable bonds is 7. The van der Waals surface area contributed by atoms with Gasteiger partial charge in [0.05, 0.1) is 25.3 Å². The van der Waals surface area contributed by atoms with Crippen LogP contribution in [0.15, 0.2) is 77.1 Å². The summed E-state index contributed by atoms with van der Waals surface area (Å²) in [6.07, 6.45) is 7.49. The largest absolute Gasteiger partial charge is 0.460 e. The molecule has 1 saturated heterocycles. The summed E-state index contributed by atoms with van der Waals surface area (Å²) in [7, 11) is 0. The van der Waals surface area contributed by atoms with Crippen LogP contribution < -0.4 is 16.4 Å². The van der Waals surface area contributed by atoms with Crippen LogP contribution in [0.5, 0.6) is 0 Å². The number of nitrogens with zero attached hydrogens (tertiary/aromatic N) is 5. The number of allylic oxidation sites excluding steroid dienone is 2. The smallest absolute Gasteiger partial charge is 0.329 e. The molecular formula is C39H49FN8O7. The van der Waals surface area contributed by atoms with E-state index in [2.05, 4.69) is 25.9 Å². The van der Waals surface area contributed by atoms with Crippen molar-refractivity contribution < 1.29 is 37.8 Å². The lowest BCUT2D eigenvalue weighted by Gasteiger charge is -2.30. The van der Waals surface area contributed by atoms with Crippen molar-refractivity contribution in [3.63, 3.8) is 0 Å². The van der Waals surface area contributed by atoms with Gasteiger partial charge < -0.3 is 35.5 Å². The number of aliphatic hydroxyl groups excluding tert-OH is 1. The average Bonchev–Trinajstić information content (AvgIpc) is 3.92. The molecule has 1 fully saturated rings. The Balaban J connectivity index is 1.32. The Labute approximate surface area is 318 Å². The molecule has 2 aliphatic heterocycles. The van der Waals surface area contributed by atoms with E-state index < -0.39 is 48.1 Å². The maximum Gasteiger partial charge on any atom is 0.329 e. The number of carbonyl (C=O) groups excluding carboxylic acids is 4. The molecule has 2 bridgehead atoms. The monoisotopic (exact) mass is 760 g/mol. The molecule has 16 heteroatoms. The Hall–Kier alpha value is -5.64. The molecule has 15 nitrogen and oxygen atoms in total. The van der Waals surface area contributed by atoms with Gasteiger partial charge in [0.2, 0.25) is 11.8 Å². The van der Waals surface area contributed by atoms with Crippen molar-refractivity contribution in [2.45, 2.75) is 83.8 Å². The SMILES string of the molecule is CC1=C\[C@@H](O)C[C@@H](F)Cc2nc(co2)C(=O)N2CCC[C@@H]2C(=O)O[C@H](C(C)C)[C@H](CC(=O)NCCn2cc(-c3cccc(N)c3)nn2)/C=C/C(=O)NC\C=C\1. The van der Waals surface area contributed by atoms with Crippen molar-refractivity contribution in [1.82, 2.24) is 35.5 Å². The number of aliphatic hydroxyl groups is 1. The van der Waals surface area contributed by atoms with Gasteiger partial charge in [-0.15, -0.1) is 5.10 Å². The van der Waals surface area contributed by atoms with Gasteiger partial charge in [-0.3, -0.25) is 19.1 Å². The number of amides is 3. The van der Waals surface area contributed by atoms with Crippen LogP contribution in [0.4, 0.5) is 10.1 Å². The number of halogens is 1. The molecule has 2 aromatic heterocycles. The van der Waals surface area contributed by atoms with E-state index in [0.717, 1.165) is 11.8 Å². The summed E-state index contributed by atoms with van der Waals surface area (Å²) in [4.78, 5) is 59.1. The van der Waals surface area contributed by atoms with Gasteiger partial charge >= 0.3 is 5.97 Å². The van der Waals surface area contributed by atoms with E-state index in [0.29, 0.717) is 36.3 Å². The van der Waals surface area contributed by atoms with Gasteiger partial charge in [0.25, 0.3) is 5.91 Å². The molecule has 4 heterocycles. The third-order valence-electron chi connectivity index (χ3n) is 9.31. The highest BCUT2D eigenvalue weighted by Crippen LogP contribution is 2.27. The third-order valence-corrected chi connectivity index (χ3v) is 9.31. The summed E-state index contributed by atoms with van der Waals surface area (Å²) >= 11 is 0. The summed E-state index contributed by atoms with van der Waals surface area (Å²) in [5.74, 6) is -2.99. The Kier molecular flexibility index (Phi) is 14.1. The number of nitrogens with one attached hydrogen (secondary N) is 2. The number of nitrogen functional groups attached to an aromatic ring is 1. The van der Waals surface area contributed by atoms with Crippen molar-refractivity contribution in [2.24, 2.45) is 11.8 Å². The first-order valence-electron chi connectivity index (χ1n) is 18.5. The number of alkyl halides is 1. The molecule has 294 valence electrons. The fraction of sp³-hybridized carbons (Fsp3) is 0.462. The highest BCUT2D eigenvalue weighted by Gasteiger charge is 2.39. The van der Waals surface area contributed by atoms with Crippen LogP contribution in [-0.4, -0.2) is 97.7 Å². The number of anilines is 1. The molecule has 1 aromatic carbocycles. The lowest BCUT2D eigenvalue weighted by molar-refractivity contribution is -0.159. The van der Waals surface area contributed by atoms with Crippen LogP contribution in [0.3, 0.4) is 0 Å². The van der Waals surface area contributed by atoms with E-state index in [1.165, 1.54) is 17.1 Å². The van der Waals surface area contributed by atoms with Crippen LogP contribution >= 0.6 is 0 Å². The van der Waals surface area contributed by atoms with Crippen molar-refractivity contribution in [1.29, 1.82) is 0 Å². The molecule has 3 aromatic rings. The first-order valence-corrected chi connectivity index (χ1v) is 18.5. The maximum atomic E-state index is 14.9. The minimum atomic E-state index is -1.50. The molecule has 0 saturated carbocycles. The number of fused-ring (bicyclic) bond motifs is 3. The Morgan fingerprint density at radius 1 is 1.20 bits per heavy atom. The molecule has 2 aliphatic rings. The van der Waals surface area contributed by atoms with E-state index in [-0.39, 0.29) is 62.3 Å². The average molecular weight is 761 g/mol. The predicted molar refractivity (Wildman–Crippen MR) is 201 cm³/mol. The van der Waals surface area contributed by atoms with Gasteiger partial charge in [0, 0.05) is 49.6 Å². The second-order valence-corrected chi connectivity index (χ2v) is 14.2. The van der Waals surface area contributed by atoms with Crippen LogP contribution in [0.2, 0.25) is 0 Å². The molecule has 5 N–H and O–H groups in total. The number of carbonyl (C=O) groups is 4. The van der Waals surface area contributed by atoms with Crippen LogP contribution in [-0.2, 0) is 32.1 Å². The maximum absolute atomic E-state index is 14.9. The molecule has 5 atom stereocenters. The molecule has 55 heavy (non-hydrogen) atoms. The second kappa shape index (κ2) is 19.1. The zero-order chi connectivity index (χ0) is 39.5. The first kappa shape index (κ1) is 40.5. The van der Waals surface area contributed by atoms with Crippen LogP contribution in [0, 0.1) is 11.8 Å². The number of hydrogen-bond acceptors (Lipinski definition) is 11. The summed E-state index contributed by atoms with van der Waals surface area (Å²) < 4.78 is 27.9. The quantitative estimate of drug-likeness (QED) is 0.203. The number of esters is 1. The normalized spacial score (nSPS) is 25.3. The molecule has 0 unspecified atom stereocenters. The minimum Gasteiger partial charge on any atom is -0.460 e.